The second-order valence-corrected chi connectivity index (χ2v) is 11.4. The number of amides is 1. The highest BCUT2D eigenvalue weighted by atomic mass is 16.3. The molecule has 0 spiro atoms. The number of piperidine rings is 1. The number of nitrogens with one attached hydrogen (secondary N) is 1. The quantitative estimate of drug-likeness (QED) is 0.426. The average molecular weight is 519 g/mol. The number of aliphatic hydroxyl groups is 1. The van der Waals surface area contributed by atoms with Crippen LogP contribution in [-0.4, -0.2) is 60.7 Å². The minimum Gasteiger partial charge on any atom is -0.393 e. The summed E-state index contributed by atoms with van der Waals surface area (Å²) in [6, 6.07) is 4.44. The Morgan fingerprint density at radius 2 is 1.76 bits per heavy atom. The molecule has 0 radical (unpaired) electrons. The maximum absolute atomic E-state index is 13.2. The van der Waals surface area contributed by atoms with Crippen molar-refractivity contribution in [3.63, 3.8) is 0 Å². The van der Waals surface area contributed by atoms with Crippen molar-refractivity contribution in [2.45, 2.75) is 103 Å². The van der Waals surface area contributed by atoms with Crippen molar-refractivity contribution >= 4 is 22.9 Å². The number of pyridine rings is 1. The van der Waals surface area contributed by atoms with Gasteiger partial charge in [0.2, 0.25) is 5.95 Å². The molecule has 0 unspecified atom stereocenters. The van der Waals surface area contributed by atoms with Gasteiger partial charge >= 0.3 is 0 Å². The van der Waals surface area contributed by atoms with Crippen molar-refractivity contribution in [1.82, 2.24) is 24.4 Å². The monoisotopic (exact) mass is 518 g/mol. The van der Waals surface area contributed by atoms with E-state index in [0.29, 0.717) is 23.9 Å². The zero-order valence-corrected chi connectivity index (χ0v) is 23.3. The number of hydrogen-bond donors (Lipinski definition) is 2. The van der Waals surface area contributed by atoms with Crippen molar-refractivity contribution in [1.29, 1.82) is 0 Å². The molecule has 1 aliphatic carbocycles. The fraction of sp³-hybridized carbons (Fsp3) is 0.600. The molecule has 2 aliphatic rings. The van der Waals surface area contributed by atoms with E-state index in [1.807, 2.05) is 37.1 Å². The van der Waals surface area contributed by atoms with Crippen LogP contribution in [0.4, 0.5) is 5.95 Å². The van der Waals surface area contributed by atoms with Crippen LogP contribution in [0.15, 0.2) is 24.5 Å². The first-order valence-corrected chi connectivity index (χ1v) is 14.4. The highest BCUT2D eigenvalue weighted by Crippen LogP contribution is 2.38. The van der Waals surface area contributed by atoms with Crippen LogP contribution in [-0.2, 0) is 0 Å². The van der Waals surface area contributed by atoms with Gasteiger partial charge in [-0.25, -0.2) is 4.98 Å². The van der Waals surface area contributed by atoms with Crippen LogP contribution in [0.3, 0.4) is 0 Å². The number of hydrogen-bond acceptors (Lipinski definition) is 6. The molecule has 1 aliphatic heterocycles. The zero-order valence-electron chi connectivity index (χ0n) is 23.3. The maximum Gasteiger partial charge on any atom is 0.253 e. The highest BCUT2D eigenvalue weighted by Gasteiger charge is 2.30. The van der Waals surface area contributed by atoms with E-state index in [0.717, 1.165) is 92.4 Å². The minimum atomic E-state index is -0.191. The molecule has 1 saturated carbocycles. The van der Waals surface area contributed by atoms with Crippen LogP contribution in [0.1, 0.15) is 104 Å². The van der Waals surface area contributed by atoms with E-state index in [2.05, 4.69) is 34.9 Å². The Bertz CT molecular complexity index is 1250. The van der Waals surface area contributed by atoms with Gasteiger partial charge in [0, 0.05) is 59.9 Å². The molecule has 4 heterocycles. The van der Waals surface area contributed by atoms with Crippen molar-refractivity contribution in [3.05, 3.63) is 47.0 Å². The van der Waals surface area contributed by atoms with Crippen LogP contribution in [0.25, 0.3) is 11.0 Å². The number of rotatable bonds is 7. The Labute approximate surface area is 225 Å². The van der Waals surface area contributed by atoms with E-state index in [1.54, 1.807) is 0 Å². The number of aryl methyl sites for hydroxylation is 2. The third kappa shape index (κ3) is 5.70. The first-order valence-electron chi connectivity index (χ1n) is 14.4. The van der Waals surface area contributed by atoms with Crippen molar-refractivity contribution in [3.8, 4) is 0 Å². The van der Waals surface area contributed by atoms with Gasteiger partial charge in [0.05, 0.1) is 6.10 Å². The fourth-order valence-electron chi connectivity index (χ4n) is 6.32. The molecule has 1 saturated heterocycles. The van der Waals surface area contributed by atoms with Gasteiger partial charge in [0.15, 0.2) is 0 Å². The Morgan fingerprint density at radius 3 is 2.42 bits per heavy atom. The Hall–Kier alpha value is -3.00. The van der Waals surface area contributed by atoms with Gasteiger partial charge in [-0.05, 0) is 89.3 Å². The van der Waals surface area contributed by atoms with E-state index in [4.69, 9.17) is 9.97 Å². The van der Waals surface area contributed by atoms with Crippen LogP contribution in [0, 0.1) is 13.8 Å². The number of aliphatic hydroxyl groups excluding tert-OH is 1. The molecular weight excluding hydrogens is 476 g/mol. The van der Waals surface area contributed by atoms with Gasteiger partial charge in [-0.15, -0.1) is 0 Å². The number of aromatic nitrogens is 4. The molecule has 1 amide bonds. The summed E-state index contributed by atoms with van der Waals surface area (Å²) in [6.07, 6.45) is 11.7. The second kappa shape index (κ2) is 11.4. The van der Waals surface area contributed by atoms with Crippen LogP contribution >= 0.6 is 0 Å². The molecule has 3 aromatic rings. The Kier molecular flexibility index (Phi) is 7.98. The number of nitrogens with zero attached hydrogens (tertiary/aromatic N) is 5. The molecule has 8 heteroatoms. The molecule has 204 valence electrons. The van der Waals surface area contributed by atoms with Crippen molar-refractivity contribution < 1.29 is 9.90 Å². The van der Waals surface area contributed by atoms with E-state index < -0.39 is 0 Å². The van der Waals surface area contributed by atoms with Crippen molar-refractivity contribution in [2.75, 3.05) is 18.4 Å². The lowest BCUT2D eigenvalue weighted by Crippen LogP contribution is -2.38. The summed E-state index contributed by atoms with van der Waals surface area (Å²) in [5.74, 6) is 1.14. The molecule has 2 fully saturated rings. The standard InChI is InChI=1S/C30H42N6O2/c1-5-6-19(2)33-30-31-17-26-27(18-36(28(26)34-30)24-7-9-25(37)10-8-24)22-11-13-35(14-12-22)29(38)23-15-20(3)32-21(4)16-23/h15-19,22,24-25,37H,5-14H2,1-4H3,(H,31,33,34)/t19-,24-,25-/m0/s1. The Morgan fingerprint density at radius 1 is 1.08 bits per heavy atom. The fourth-order valence-corrected chi connectivity index (χ4v) is 6.32. The number of carbonyl (C=O) groups excluding carboxylic acids is 1. The summed E-state index contributed by atoms with van der Waals surface area (Å²) in [6.45, 7) is 9.71. The average Bonchev–Trinajstić information content (AvgIpc) is 3.27. The molecule has 0 aromatic carbocycles. The van der Waals surface area contributed by atoms with Crippen molar-refractivity contribution in [2.24, 2.45) is 0 Å². The number of anilines is 1. The summed E-state index contributed by atoms with van der Waals surface area (Å²) in [4.78, 5) is 29.3. The summed E-state index contributed by atoms with van der Waals surface area (Å²) in [5.41, 5.74) is 4.77. The number of fused-ring (bicyclic) bond motifs is 1. The number of likely N-dealkylation sites (tertiary alicyclic amines) is 1. The van der Waals surface area contributed by atoms with Gasteiger partial charge in [-0.3, -0.25) is 9.78 Å². The third-order valence-electron chi connectivity index (χ3n) is 8.31. The lowest BCUT2D eigenvalue weighted by molar-refractivity contribution is 0.0712. The molecule has 8 nitrogen and oxygen atoms in total. The summed E-state index contributed by atoms with van der Waals surface area (Å²) in [5, 5.41) is 14.7. The summed E-state index contributed by atoms with van der Waals surface area (Å²) in [7, 11) is 0. The van der Waals surface area contributed by atoms with Gasteiger partial charge in [0.25, 0.3) is 5.91 Å². The van der Waals surface area contributed by atoms with Crippen LogP contribution < -0.4 is 5.32 Å². The first kappa shape index (κ1) is 26.6. The smallest absolute Gasteiger partial charge is 0.253 e. The minimum absolute atomic E-state index is 0.0977. The van der Waals surface area contributed by atoms with E-state index in [9.17, 15) is 9.90 Å². The topological polar surface area (TPSA) is 96.2 Å². The number of carbonyl (C=O) groups is 1. The second-order valence-electron chi connectivity index (χ2n) is 11.4. The lowest BCUT2D eigenvalue weighted by atomic mass is 9.89. The molecule has 1 atom stereocenters. The van der Waals surface area contributed by atoms with E-state index >= 15 is 0 Å². The SMILES string of the molecule is CCC[C@H](C)Nc1ncc2c(C3CCN(C(=O)c4cc(C)nc(C)c4)CC3)cn([C@H]3CC[C@H](O)CC3)c2n1. The molecule has 5 rings (SSSR count). The van der Waals surface area contributed by atoms with E-state index in [-0.39, 0.29) is 12.0 Å². The summed E-state index contributed by atoms with van der Waals surface area (Å²) >= 11 is 0. The molecule has 0 bridgehead atoms. The zero-order chi connectivity index (χ0) is 26.8. The third-order valence-corrected chi connectivity index (χ3v) is 8.31. The highest BCUT2D eigenvalue weighted by molar-refractivity contribution is 5.94. The van der Waals surface area contributed by atoms with Gasteiger partial charge < -0.3 is 19.9 Å². The van der Waals surface area contributed by atoms with Crippen LogP contribution in [0.5, 0.6) is 0 Å². The first-order chi connectivity index (χ1) is 18.3. The van der Waals surface area contributed by atoms with Gasteiger partial charge in [-0.2, -0.15) is 4.98 Å². The largest absolute Gasteiger partial charge is 0.393 e. The maximum atomic E-state index is 13.2. The van der Waals surface area contributed by atoms with Crippen LogP contribution in [0.2, 0.25) is 0 Å². The molecular formula is C30H42N6O2. The predicted molar refractivity (Wildman–Crippen MR) is 151 cm³/mol. The van der Waals surface area contributed by atoms with Gasteiger partial charge in [0.1, 0.15) is 5.65 Å². The predicted octanol–water partition coefficient (Wildman–Crippen LogP) is 5.54. The molecule has 2 N–H and O–H groups in total. The normalized spacial score (nSPS) is 21.6. The van der Waals surface area contributed by atoms with Gasteiger partial charge in [-0.1, -0.05) is 13.3 Å². The molecule has 3 aromatic heterocycles. The summed E-state index contributed by atoms with van der Waals surface area (Å²) < 4.78 is 2.36. The van der Waals surface area contributed by atoms with E-state index in [1.165, 1.54) is 5.56 Å². The Balaban J connectivity index is 1.38. The molecule has 38 heavy (non-hydrogen) atoms. The lowest BCUT2D eigenvalue weighted by Gasteiger charge is -2.32.